The number of alkyl halides is 3. The highest BCUT2D eigenvalue weighted by Crippen LogP contribution is 2.32. The lowest BCUT2D eigenvalue weighted by atomic mass is 9.97. The first-order valence-corrected chi connectivity index (χ1v) is 7.77. The van der Waals surface area contributed by atoms with Gasteiger partial charge in [-0.3, -0.25) is 9.59 Å². The van der Waals surface area contributed by atoms with Crippen molar-refractivity contribution < 1.29 is 22.4 Å². The van der Waals surface area contributed by atoms with Gasteiger partial charge in [0.05, 0.1) is 17.7 Å². The molecule has 0 fully saturated rings. The fraction of sp³-hybridized carbons (Fsp3) is 0.267. The Balaban J connectivity index is 2.64. The average Bonchev–Trinajstić information content (AvgIpc) is 2.49. The first kappa shape index (κ1) is 19.5. The van der Waals surface area contributed by atoms with Crippen molar-refractivity contribution in [3.05, 3.63) is 56.7 Å². The number of thiol groups is 1. The van der Waals surface area contributed by atoms with E-state index in [2.05, 4.69) is 17.7 Å². The highest BCUT2D eigenvalue weighted by Gasteiger charge is 2.32. The van der Waals surface area contributed by atoms with E-state index < -0.39 is 39.8 Å². The van der Waals surface area contributed by atoms with E-state index >= 15 is 0 Å². The third kappa shape index (κ3) is 4.04. The van der Waals surface area contributed by atoms with Gasteiger partial charge in [-0.05, 0) is 24.1 Å². The summed E-state index contributed by atoms with van der Waals surface area (Å²) in [7, 11) is 0. The van der Waals surface area contributed by atoms with E-state index in [1.807, 2.05) is 0 Å². The van der Waals surface area contributed by atoms with Crippen LogP contribution >= 0.6 is 24.2 Å². The van der Waals surface area contributed by atoms with Crippen molar-refractivity contribution in [3.8, 4) is 5.69 Å². The van der Waals surface area contributed by atoms with E-state index in [1.165, 1.54) is 0 Å². The average molecular weight is 395 g/mol. The lowest BCUT2D eigenvalue weighted by Gasteiger charge is -2.16. The van der Waals surface area contributed by atoms with Crippen molar-refractivity contribution in [1.82, 2.24) is 9.78 Å². The SMILES string of the molecule is CCC(C(=O)S)c1cc(-n2ncc(C(F)(F)F)cc2=O)c(F)cc1Cl. The van der Waals surface area contributed by atoms with Crippen LogP contribution in [0.4, 0.5) is 17.6 Å². The zero-order chi connectivity index (χ0) is 18.9. The monoisotopic (exact) mass is 394 g/mol. The second kappa shape index (κ2) is 7.17. The van der Waals surface area contributed by atoms with Gasteiger partial charge in [0.2, 0.25) is 0 Å². The maximum atomic E-state index is 14.2. The number of hydrogen-bond donors (Lipinski definition) is 1. The quantitative estimate of drug-likeness (QED) is 0.630. The van der Waals surface area contributed by atoms with Gasteiger partial charge in [0, 0.05) is 11.1 Å². The summed E-state index contributed by atoms with van der Waals surface area (Å²) in [5.74, 6) is -1.73. The van der Waals surface area contributed by atoms with Gasteiger partial charge in [0.15, 0.2) is 10.9 Å². The molecule has 1 atom stereocenters. The standard InChI is InChI=1S/C15H11ClF4N2O2S/c1-2-8(14(24)25)9-4-12(11(17)5-10(9)16)22-13(23)3-7(6-21-22)15(18,19)20/h3-6,8H,2H2,1H3,(H,24,25). The lowest BCUT2D eigenvalue weighted by Crippen LogP contribution is -2.24. The Bertz CT molecular complexity index is 883. The molecule has 0 aliphatic heterocycles. The van der Waals surface area contributed by atoms with E-state index in [0.717, 1.165) is 12.1 Å². The van der Waals surface area contributed by atoms with Crippen LogP contribution in [0.5, 0.6) is 0 Å². The lowest BCUT2D eigenvalue weighted by molar-refractivity contribution is -0.138. The zero-order valence-corrected chi connectivity index (χ0v) is 14.3. The van der Waals surface area contributed by atoms with E-state index in [-0.39, 0.29) is 10.6 Å². The molecule has 0 N–H and O–H groups in total. The third-order valence-electron chi connectivity index (χ3n) is 3.50. The van der Waals surface area contributed by atoms with Crippen molar-refractivity contribution in [3.63, 3.8) is 0 Å². The Labute approximate surface area is 149 Å². The molecule has 0 radical (unpaired) electrons. The Morgan fingerprint density at radius 2 is 2.00 bits per heavy atom. The molecule has 134 valence electrons. The summed E-state index contributed by atoms with van der Waals surface area (Å²) >= 11 is 9.69. The second-order valence-corrected chi connectivity index (χ2v) is 5.96. The second-order valence-electron chi connectivity index (χ2n) is 5.12. The van der Waals surface area contributed by atoms with Gasteiger partial charge in [-0.2, -0.15) is 23.0 Å². The summed E-state index contributed by atoms with van der Waals surface area (Å²) in [5.41, 5.74) is -2.63. The molecule has 2 rings (SSSR count). The van der Waals surface area contributed by atoms with E-state index in [1.54, 1.807) is 6.92 Å². The van der Waals surface area contributed by atoms with Crippen LogP contribution in [0.25, 0.3) is 5.69 Å². The Hall–Kier alpha value is -1.87. The molecule has 0 saturated carbocycles. The third-order valence-corrected chi connectivity index (χ3v) is 4.14. The Morgan fingerprint density at radius 3 is 2.48 bits per heavy atom. The van der Waals surface area contributed by atoms with Gasteiger partial charge < -0.3 is 0 Å². The van der Waals surface area contributed by atoms with Crippen LogP contribution in [0, 0.1) is 5.82 Å². The number of rotatable bonds is 4. The summed E-state index contributed by atoms with van der Waals surface area (Å²) in [6.07, 6.45) is -4.03. The van der Waals surface area contributed by atoms with Gasteiger partial charge >= 0.3 is 6.18 Å². The van der Waals surface area contributed by atoms with Gasteiger partial charge in [-0.25, -0.2) is 4.39 Å². The summed E-state index contributed by atoms with van der Waals surface area (Å²) in [4.78, 5) is 23.5. The summed E-state index contributed by atoms with van der Waals surface area (Å²) < 4.78 is 52.5. The number of carbonyl (C=O) groups is 1. The number of benzene rings is 1. The number of hydrogen-bond acceptors (Lipinski definition) is 3. The van der Waals surface area contributed by atoms with Crippen molar-refractivity contribution in [1.29, 1.82) is 0 Å². The minimum Gasteiger partial charge on any atom is -0.287 e. The molecule has 0 spiro atoms. The first-order chi connectivity index (χ1) is 11.6. The number of aromatic nitrogens is 2. The van der Waals surface area contributed by atoms with Crippen molar-refractivity contribution >= 4 is 29.3 Å². The normalized spacial score (nSPS) is 12.9. The van der Waals surface area contributed by atoms with E-state index in [9.17, 15) is 27.2 Å². The van der Waals surface area contributed by atoms with Crippen LogP contribution in [0.3, 0.4) is 0 Å². The van der Waals surface area contributed by atoms with Crippen LogP contribution in [0.2, 0.25) is 5.02 Å². The Morgan fingerprint density at radius 1 is 1.36 bits per heavy atom. The summed E-state index contributed by atoms with van der Waals surface area (Å²) in [6.45, 7) is 1.68. The zero-order valence-electron chi connectivity index (χ0n) is 12.6. The maximum absolute atomic E-state index is 14.2. The van der Waals surface area contributed by atoms with E-state index in [4.69, 9.17) is 11.6 Å². The van der Waals surface area contributed by atoms with Gasteiger partial charge in [-0.15, -0.1) is 12.6 Å². The molecule has 0 aliphatic carbocycles. The maximum Gasteiger partial charge on any atom is 0.418 e. The van der Waals surface area contributed by atoms with Crippen LogP contribution < -0.4 is 5.56 Å². The van der Waals surface area contributed by atoms with Crippen LogP contribution in [-0.2, 0) is 11.0 Å². The topological polar surface area (TPSA) is 52.0 Å². The number of nitrogens with zero attached hydrogens (tertiary/aromatic N) is 2. The molecule has 1 aromatic carbocycles. The van der Waals surface area contributed by atoms with Crippen molar-refractivity contribution in [2.24, 2.45) is 0 Å². The minimum atomic E-state index is -4.75. The predicted molar refractivity (Wildman–Crippen MR) is 86.8 cm³/mol. The van der Waals surface area contributed by atoms with Crippen LogP contribution in [-0.4, -0.2) is 14.9 Å². The fourth-order valence-electron chi connectivity index (χ4n) is 2.25. The van der Waals surface area contributed by atoms with Gasteiger partial charge in [-0.1, -0.05) is 18.5 Å². The Kier molecular flexibility index (Phi) is 5.58. The molecular weight excluding hydrogens is 384 g/mol. The first-order valence-electron chi connectivity index (χ1n) is 6.95. The molecule has 0 aliphatic rings. The molecule has 2 aromatic rings. The van der Waals surface area contributed by atoms with Crippen LogP contribution in [0.15, 0.2) is 29.2 Å². The van der Waals surface area contributed by atoms with Crippen molar-refractivity contribution in [2.75, 3.05) is 0 Å². The minimum absolute atomic E-state index is 0.0598. The van der Waals surface area contributed by atoms with E-state index in [0.29, 0.717) is 23.4 Å². The highest BCUT2D eigenvalue weighted by molar-refractivity contribution is 7.96. The molecule has 0 amide bonds. The molecule has 4 nitrogen and oxygen atoms in total. The molecule has 1 unspecified atom stereocenters. The molecule has 1 aromatic heterocycles. The van der Waals surface area contributed by atoms with Gasteiger partial charge in [0.25, 0.3) is 5.56 Å². The summed E-state index contributed by atoms with van der Waals surface area (Å²) in [6, 6.07) is 2.29. The smallest absolute Gasteiger partial charge is 0.287 e. The largest absolute Gasteiger partial charge is 0.418 e. The van der Waals surface area contributed by atoms with Crippen molar-refractivity contribution in [2.45, 2.75) is 25.4 Å². The molecule has 10 heteroatoms. The predicted octanol–water partition coefficient (Wildman–Crippen LogP) is 3.99. The molecule has 0 saturated heterocycles. The molecular formula is C15H11ClF4N2O2S. The molecule has 1 heterocycles. The molecule has 0 bridgehead atoms. The van der Waals surface area contributed by atoms with Crippen LogP contribution in [0.1, 0.15) is 30.4 Å². The number of halogens is 5. The molecule has 25 heavy (non-hydrogen) atoms. The fourth-order valence-corrected chi connectivity index (χ4v) is 2.86. The van der Waals surface area contributed by atoms with Gasteiger partial charge in [0.1, 0.15) is 5.69 Å². The summed E-state index contributed by atoms with van der Waals surface area (Å²) in [5, 5.41) is 2.80. The highest BCUT2D eigenvalue weighted by atomic mass is 35.5. The number of carbonyl (C=O) groups excluding carboxylic acids is 1.